The maximum atomic E-state index is 12.1. The van der Waals surface area contributed by atoms with Gasteiger partial charge in [-0.15, -0.1) is 0 Å². The van der Waals surface area contributed by atoms with Gasteiger partial charge in [0.1, 0.15) is 5.75 Å². The molecule has 0 atom stereocenters. The van der Waals surface area contributed by atoms with Crippen LogP contribution < -0.4 is 15.4 Å². The zero-order chi connectivity index (χ0) is 18.2. The molecule has 0 saturated heterocycles. The van der Waals surface area contributed by atoms with Gasteiger partial charge in [-0.25, -0.2) is 4.79 Å². The Hall–Kier alpha value is -3.35. The quantitative estimate of drug-likeness (QED) is 0.643. The number of carbonyl (C=O) groups excluding carboxylic acids is 3. The molecule has 2 N–H and O–H groups in total. The molecule has 0 fully saturated rings. The first kappa shape index (κ1) is 18.0. The van der Waals surface area contributed by atoms with Gasteiger partial charge in [0.2, 0.25) is 0 Å². The molecule has 0 radical (unpaired) electrons. The van der Waals surface area contributed by atoms with E-state index in [0.29, 0.717) is 11.4 Å². The maximum absolute atomic E-state index is 12.1. The smallest absolute Gasteiger partial charge is 0.340 e. The van der Waals surface area contributed by atoms with Gasteiger partial charge in [0.05, 0.1) is 25.0 Å². The number of methoxy groups -OCH3 is 1. The van der Waals surface area contributed by atoms with Crippen molar-refractivity contribution < 1.29 is 23.9 Å². The largest absolute Gasteiger partial charge is 0.497 e. The predicted octanol–water partition coefficient (Wildman–Crippen LogP) is 2.45. The molecule has 130 valence electrons. The van der Waals surface area contributed by atoms with Gasteiger partial charge in [-0.05, 0) is 43.3 Å². The van der Waals surface area contributed by atoms with Crippen molar-refractivity contribution in [3.8, 4) is 5.75 Å². The molecule has 7 nitrogen and oxygen atoms in total. The number of para-hydroxylation sites is 1. The van der Waals surface area contributed by atoms with Crippen molar-refractivity contribution in [2.24, 2.45) is 0 Å². The lowest BCUT2D eigenvalue weighted by Crippen LogP contribution is -2.29. The van der Waals surface area contributed by atoms with Crippen LogP contribution in [0.15, 0.2) is 48.5 Å². The summed E-state index contributed by atoms with van der Waals surface area (Å²) in [5.74, 6) is -1.70. The Labute approximate surface area is 144 Å². The van der Waals surface area contributed by atoms with Crippen molar-refractivity contribution in [2.45, 2.75) is 6.92 Å². The predicted molar refractivity (Wildman–Crippen MR) is 92.7 cm³/mol. The van der Waals surface area contributed by atoms with Crippen LogP contribution in [0, 0.1) is 0 Å². The average Bonchev–Trinajstić information content (AvgIpc) is 2.63. The van der Waals surface area contributed by atoms with Gasteiger partial charge in [0.15, 0.2) is 0 Å². The Morgan fingerprint density at radius 1 is 0.920 bits per heavy atom. The number of carbonyl (C=O) groups is 3. The molecule has 25 heavy (non-hydrogen) atoms. The first-order chi connectivity index (χ1) is 12.0. The van der Waals surface area contributed by atoms with Crippen molar-refractivity contribution in [3.05, 3.63) is 54.1 Å². The maximum Gasteiger partial charge on any atom is 0.340 e. The van der Waals surface area contributed by atoms with Crippen molar-refractivity contribution in [1.82, 2.24) is 0 Å². The summed E-state index contributed by atoms with van der Waals surface area (Å²) in [6, 6.07) is 12.8. The fraction of sp³-hybridized carbons (Fsp3) is 0.167. The third kappa shape index (κ3) is 4.81. The van der Waals surface area contributed by atoms with Crippen LogP contribution in [0.2, 0.25) is 0 Å². The molecule has 2 aromatic rings. The Morgan fingerprint density at radius 2 is 1.56 bits per heavy atom. The van der Waals surface area contributed by atoms with E-state index in [2.05, 4.69) is 10.6 Å². The van der Waals surface area contributed by atoms with Crippen LogP contribution in [0.5, 0.6) is 5.75 Å². The first-order valence-electron chi connectivity index (χ1n) is 7.57. The van der Waals surface area contributed by atoms with Crippen LogP contribution in [-0.2, 0) is 14.3 Å². The lowest BCUT2D eigenvalue weighted by Gasteiger charge is -2.10. The minimum Gasteiger partial charge on any atom is -0.497 e. The number of hydrogen-bond donors (Lipinski definition) is 2. The van der Waals surface area contributed by atoms with E-state index in [1.807, 2.05) is 0 Å². The Morgan fingerprint density at radius 3 is 2.20 bits per heavy atom. The monoisotopic (exact) mass is 342 g/mol. The van der Waals surface area contributed by atoms with Gasteiger partial charge < -0.3 is 20.1 Å². The van der Waals surface area contributed by atoms with Crippen LogP contribution in [0.4, 0.5) is 11.4 Å². The van der Waals surface area contributed by atoms with Gasteiger partial charge in [-0.3, -0.25) is 9.59 Å². The van der Waals surface area contributed by atoms with Crippen LogP contribution in [0.25, 0.3) is 0 Å². The third-order valence-corrected chi connectivity index (χ3v) is 3.22. The highest BCUT2D eigenvalue weighted by Crippen LogP contribution is 2.17. The van der Waals surface area contributed by atoms with Crippen LogP contribution in [0.3, 0.4) is 0 Å². The molecule has 0 spiro atoms. The number of amides is 2. The molecular formula is C18H18N2O5. The van der Waals surface area contributed by atoms with E-state index in [9.17, 15) is 14.4 Å². The van der Waals surface area contributed by atoms with E-state index < -0.39 is 17.8 Å². The number of benzene rings is 2. The summed E-state index contributed by atoms with van der Waals surface area (Å²) in [6.07, 6.45) is 0. The van der Waals surface area contributed by atoms with E-state index in [4.69, 9.17) is 9.47 Å². The number of ether oxygens (including phenoxy) is 2. The molecule has 0 heterocycles. The summed E-state index contributed by atoms with van der Waals surface area (Å²) in [5.41, 5.74) is 0.824. The van der Waals surface area contributed by atoms with Crippen LogP contribution in [0.1, 0.15) is 17.3 Å². The second kappa shape index (κ2) is 8.49. The Kier molecular flexibility index (Phi) is 6.11. The van der Waals surface area contributed by atoms with E-state index >= 15 is 0 Å². The van der Waals surface area contributed by atoms with Crippen molar-refractivity contribution in [3.63, 3.8) is 0 Å². The number of rotatable bonds is 5. The lowest BCUT2D eigenvalue weighted by molar-refractivity contribution is -0.133. The molecule has 0 aliphatic rings. The molecule has 2 amide bonds. The van der Waals surface area contributed by atoms with E-state index in [-0.39, 0.29) is 17.9 Å². The lowest BCUT2D eigenvalue weighted by atomic mass is 10.2. The molecular weight excluding hydrogens is 324 g/mol. The molecule has 0 saturated carbocycles. The zero-order valence-electron chi connectivity index (χ0n) is 13.9. The van der Waals surface area contributed by atoms with Crippen molar-refractivity contribution in [2.75, 3.05) is 24.4 Å². The zero-order valence-corrected chi connectivity index (χ0v) is 13.9. The normalized spacial score (nSPS) is 9.84. The third-order valence-electron chi connectivity index (χ3n) is 3.22. The molecule has 0 aliphatic heterocycles. The summed E-state index contributed by atoms with van der Waals surface area (Å²) in [4.78, 5) is 36.0. The fourth-order valence-electron chi connectivity index (χ4n) is 2.02. The van der Waals surface area contributed by atoms with E-state index in [0.717, 1.165) is 0 Å². The summed E-state index contributed by atoms with van der Waals surface area (Å²) in [7, 11) is 1.53. The molecule has 2 rings (SSSR count). The Bertz CT molecular complexity index is 771. The number of esters is 1. The summed E-state index contributed by atoms with van der Waals surface area (Å²) in [5, 5.41) is 4.88. The highest BCUT2D eigenvalue weighted by molar-refractivity contribution is 6.43. The fourth-order valence-corrected chi connectivity index (χ4v) is 2.02. The standard InChI is InChI=1S/C18H18N2O5/c1-3-25-18(23)14-6-4-5-7-15(14)20-17(22)16(21)19-12-8-10-13(24-2)11-9-12/h4-11H,3H2,1-2H3,(H,19,21)(H,20,22). The van der Waals surface area contributed by atoms with Gasteiger partial charge in [0, 0.05) is 5.69 Å². The minimum absolute atomic E-state index is 0.176. The molecule has 0 aromatic heterocycles. The average molecular weight is 342 g/mol. The summed E-state index contributed by atoms with van der Waals surface area (Å²) < 4.78 is 9.95. The second-order valence-electron chi connectivity index (χ2n) is 4.90. The van der Waals surface area contributed by atoms with Crippen LogP contribution >= 0.6 is 0 Å². The molecule has 7 heteroatoms. The molecule has 0 unspecified atom stereocenters. The Balaban J connectivity index is 2.06. The second-order valence-corrected chi connectivity index (χ2v) is 4.90. The van der Waals surface area contributed by atoms with Gasteiger partial charge in [-0.1, -0.05) is 12.1 Å². The molecule has 0 bridgehead atoms. The summed E-state index contributed by atoms with van der Waals surface area (Å²) >= 11 is 0. The number of hydrogen-bond acceptors (Lipinski definition) is 5. The number of anilines is 2. The molecule has 0 aliphatic carbocycles. The van der Waals surface area contributed by atoms with E-state index in [1.165, 1.54) is 19.2 Å². The number of nitrogens with one attached hydrogen (secondary N) is 2. The van der Waals surface area contributed by atoms with Crippen LogP contribution in [-0.4, -0.2) is 31.5 Å². The van der Waals surface area contributed by atoms with E-state index in [1.54, 1.807) is 43.3 Å². The highest BCUT2D eigenvalue weighted by Gasteiger charge is 2.18. The molecule has 2 aromatic carbocycles. The van der Waals surface area contributed by atoms with Gasteiger partial charge in [-0.2, -0.15) is 0 Å². The topological polar surface area (TPSA) is 93.7 Å². The van der Waals surface area contributed by atoms with Gasteiger partial charge in [0.25, 0.3) is 0 Å². The first-order valence-corrected chi connectivity index (χ1v) is 7.57. The van der Waals surface area contributed by atoms with Gasteiger partial charge >= 0.3 is 17.8 Å². The summed E-state index contributed by atoms with van der Waals surface area (Å²) in [6.45, 7) is 1.89. The minimum atomic E-state index is -0.896. The van der Waals surface area contributed by atoms with Crippen molar-refractivity contribution >= 4 is 29.2 Å². The van der Waals surface area contributed by atoms with Crippen molar-refractivity contribution in [1.29, 1.82) is 0 Å². The highest BCUT2D eigenvalue weighted by atomic mass is 16.5. The SMILES string of the molecule is CCOC(=O)c1ccccc1NC(=O)C(=O)Nc1ccc(OC)cc1.